The highest BCUT2D eigenvalue weighted by Crippen LogP contribution is 2.26. The maximum atomic E-state index is 12.6. The number of hydrogen-bond acceptors (Lipinski definition) is 6. The number of carbonyl (C=O) groups excluding carboxylic acids is 1. The van der Waals surface area contributed by atoms with Gasteiger partial charge >= 0.3 is 0 Å². The van der Waals surface area contributed by atoms with E-state index in [0.29, 0.717) is 5.82 Å². The molecule has 0 bridgehead atoms. The number of fused-ring (bicyclic) bond motifs is 1. The summed E-state index contributed by atoms with van der Waals surface area (Å²) in [4.78, 5) is 27.5. The Hall–Kier alpha value is -2.97. The van der Waals surface area contributed by atoms with E-state index in [9.17, 15) is 14.9 Å². The molecule has 0 radical (unpaired) electrons. The molecule has 9 heteroatoms. The molecule has 0 spiro atoms. The Morgan fingerprint density at radius 3 is 2.92 bits per heavy atom. The number of nitro benzene ring substituents is 1. The summed E-state index contributed by atoms with van der Waals surface area (Å²) in [5.41, 5.74) is 5.93. The van der Waals surface area contributed by atoms with Gasteiger partial charge in [-0.25, -0.2) is 9.67 Å². The molecular weight excluding hydrogens is 324 g/mol. The molecule has 25 heavy (non-hydrogen) atoms. The molecule has 2 aromatic rings. The van der Waals surface area contributed by atoms with E-state index in [2.05, 4.69) is 15.4 Å². The SMILES string of the molecule is CC(C)c1nc2n(n1)CCC[C@H]2NC(=O)c1cc([N+](=O)[O-])ccc1N. The first kappa shape index (κ1) is 16.9. The molecule has 132 valence electrons. The van der Waals surface area contributed by atoms with Crippen molar-refractivity contribution in [3.05, 3.63) is 45.5 Å². The fourth-order valence-electron chi connectivity index (χ4n) is 2.84. The number of nitrogens with zero attached hydrogens (tertiary/aromatic N) is 4. The molecule has 1 aliphatic rings. The average Bonchev–Trinajstić information content (AvgIpc) is 3.00. The predicted octanol–water partition coefficient (Wildman–Crippen LogP) is 2.16. The summed E-state index contributed by atoms with van der Waals surface area (Å²) < 4.78 is 1.82. The number of nitrogens with two attached hydrogens (primary N) is 1. The second kappa shape index (κ2) is 6.50. The molecule has 9 nitrogen and oxygen atoms in total. The fraction of sp³-hybridized carbons (Fsp3) is 0.438. The Morgan fingerprint density at radius 2 is 2.24 bits per heavy atom. The number of anilines is 1. The zero-order valence-electron chi connectivity index (χ0n) is 14.1. The Balaban J connectivity index is 1.85. The number of non-ortho nitro benzene ring substituents is 1. The lowest BCUT2D eigenvalue weighted by atomic mass is 10.1. The normalized spacial score (nSPS) is 16.5. The molecule has 2 heterocycles. The monoisotopic (exact) mass is 344 g/mol. The van der Waals surface area contributed by atoms with Crippen molar-refractivity contribution in [2.45, 2.75) is 45.2 Å². The Morgan fingerprint density at radius 1 is 1.48 bits per heavy atom. The van der Waals surface area contributed by atoms with Gasteiger partial charge in [-0.1, -0.05) is 13.8 Å². The van der Waals surface area contributed by atoms with Crippen molar-refractivity contribution < 1.29 is 9.72 Å². The van der Waals surface area contributed by atoms with Crippen LogP contribution < -0.4 is 11.1 Å². The molecular formula is C16H20N6O3. The molecule has 1 aromatic carbocycles. The molecule has 0 aliphatic carbocycles. The minimum absolute atomic E-state index is 0.0925. The summed E-state index contributed by atoms with van der Waals surface area (Å²) in [6.45, 7) is 4.79. The van der Waals surface area contributed by atoms with E-state index in [0.717, 1.165) is 25.2 Å². The quantitative estimate of drug-likeness (QED) is 0.497. The zero-order valence-corrected chi connectivity index (χ0v) is 14.1. The Bertz CT molecular complexity index is 829. The maximum Gasteiger partial charge on any atom is 0.270 e. The van der Waals surface area contributed by atoms with Gasteiger partial charge in [0.15, 0.2) is 5.82 Å². The third-order valence-electron chi connectivity index (χ3n) is 4.21. The highest BCUT2D eigenvalue weighted by Gasteiger charge is 2.27. The van der Waals surface area contributed by atoms with Crippen molar-refractivity contribution in [1.82, 2.24) is 20.1 Å². The molecule has 3 N–H and O–H groups in total. The average molecular weight is 344 g/mol. The van der Waals surface area contributed by atoms with Crippen molar-refractivity contribution in [2.75, 3.05) is 5.73 Å². The largest absolute Gasteiger partial charge is 0.398 e. The van der Waals surface area contributed by atoms with E-state index in [1.54, 1.807) is 0 Å². The van der Waals surface area contributed by atoms with E-state index in [4.69, 9.17) is 5.73 Å². The van der Waals surface area contributed by atoms with Crippen molar-refractivity contribution >= 4 is 17.3 Å². The number of nitrogen functional groups attached to an aromatic ring is 1. The first-order valence-corrected chi connectivity index (χ1v) is 8.16. The number of nitro groups is 1. The second-order valence-corrected chi connectivity index (χ2v) is 6.40. The van der Waals surface area contributed by atoms with E-state index in [1.807, 2.05) is 18.5 Å². The Labute approximate surface area is 144 Å². The number of aryl methyl sites for hydroxylation is 1. The lowest BCUT2D eigenvalue weighted by Crippen LogP contribution is -2.33. The van der Waals surface area contributed by atoms with Crippen LogP contribution in [0.2, 0.25) is 0 Å². The molecule has 1 aromatic heterocycles. The van der Waals surface area contributed by atoms with E-state index < -0.39 is 10.8 Å². The molecule has 1 aliphatic heterocycles. The number of benzene rings is 1. The summed E-state index contributed by atoms with van der Waals surface area (Å²) in [5.74, 6) is 1.20. The molecule has 0 fully saturated rings. The van der Waals surface area contributed by atoms with Crippen LogP contribution in [0.3, 0.4) is 0 Å². The van der Waals surface area contributed by atoms with Crippen LogP contribution in [0.5, 0.6) is 0 Å². The van der Waals surface area contributed by atoms with Crippen molar-refractivity contribution in [3.8, 4) is 0 Å². The summed E-state index contributed by atoms with van der Waals surface area (Å²) >= 11 is 0. The first-order chi connectivity index (χ1) is 11.9. The summed E-state index contributed by atoms with van der Waals surface area (Å²) in [7, 11) is 0. The lowest BCUT2D eigenvalue weighted by Gasteiger charge is -2.23. The standard InChI is InChI=1S/C16H20N6O3/c1-9(2)14-19-15-13(4-3-7-21(15)20-14)18-16(23)11-8-10(22(24)25)5-6-12(11)17/h5-6,8-9,13H,3-4,7,17H2,1-2H3,(H,18,23)/t13-/m1/s1. The molecule has 0 unspecified atom stereocenters. The van der Waals surface area contributed by atoms with Gasteiger partial charge in [0.25, 0.3) is 11.6 Å². The minimum atomic E-state index is -0.553. The molecule has 0 saturated carbocycles. The third kappa shape index (κ3) is 3.30. The van der Waals surface area contributed by atoms with E-state index >= 15 is 0 Å². The number of hydrogen-bond donors (Lipinski definition) is 2. The lowest BCUT2D eigenvalue weighted by molar-refractivity contribution is -0.384. The number of carbonyl (C=O) groups is 1. The van der Waals surface area contributed by atoms with Gasteiger partial charge in [-0.15, -0.1) is 0 Å². The molecule has 3 rings (SSSR count). The van der Waals surface area contributed by atoms with E-state index in [1.165, 1.54) is 18.2 Å². The van der Waals surface area contributed by atoms with Gasteiger partial charge in [0.05, 0.1) is 16.5 Å². The van der Waals surface area contributed by atoms with Crippen LogP contribution in [0.15, 0.2) is 18.2 Å². The van der Waals surface area contributed by atoms with Crippen LogP contribution in [-0.2, 0) is 6.54 Å². The van der Waals surface area contributed by atoms with Crippen molar-refractivity contribution in [3.63, 3.8) is 0 Å². The summed E-state index contributed by atoms with van der Waals surface area (Å²) in [6, 6.07) is 3.54. The molecule has 0 saturated heterocycles. The van der Waals surface area contributed by atoms with Crippen LogP contribution in [-0.4, -0.2) is 25.6 Å². The number of nitrogens with one attached hydrogen (secondary N) is 1. The topological polar surface area (TPSA) is 129 Å². The third-order valence-corrected chi connectivity index (χ3v) is 4.21. The summed E-state index contributed by atoms with van der Waals surface area (Å²) in [6.07, 6.45) is 1.60. The number of aromatic nitrogens is 3. The van der Waals surface area contributed by atoms with Gasteiger partial charge in [0.1, 0.15) is 5.82 Å². The smallest absolute Gasteiger partial charge is 0.270 e. The van der Waals surface area contributed by atoms with E-state index in [-0.39, 0.29) is 28.9 Å². The van der Waals surface area contributed by atoms with Gasteiger partial charge in [-0.3, -0.25) is 14.9 Å². The van der Waals surface area contributed by atoms with Gasteiger partial charge in [-0.2, -0.15) is 5.10 Å². The van der Waals surface area contributed by atoms with Crippen LogP contribution in [0.25, 0.3) is 0 Å². The molecule has 1 atom stereocenters. The van der Waals surface area contributed by atoms with Gasteiger partial charge in [0.2, 0.25) is 0 Å². The van der Waals surface area contributed by atoms with Crippen LogP contribution >= 0.6 is 0 Å². The second-order valence-electron chi connectivity index (χ2n) is 6.40. The first-order valence-electron chi connectivity index (χ1n) is 8.16. The van der Waals surface area contributed by atoms with Crippen LogP contribution in [0.1, 0.15) is 60.7 Å². The number of rotatable bonds is 4. The van der Waals surface area contributed by atoms with Gasteiger partial charge < -0.3 is 11.1 Å². The predicted molar refractivity (Wildman–Crippen MR) is 91.1 cm³/mol. The maximum absolute atomic E-state index is 12.6. The molecule has 1 amide bonds. The van der Waals surface area contributed by atoms with Crippen molar-refractivity contribution in [1.29, 1.82) is 0 Å². The van der Waals surface area contributed by atoms with Crippen LogP contribution in [0, 0.1) is 10.1 Å². The van der Waals surface area contributed by atoms with Crippen LogP contribution in [0.4, 0.5) is 11.4 Å². The van der Waals surface area contributed by atoms with Crippen molar-refractivity contribution in [2.24, 2.45) is 0 Å². The Kier molecular flexibility index (Phi) is 4.39. The highest BCUT2D eigenvalue weighted by atomic mass is 16.6. The van der Waals surface area contributed by atoms with Gasteiger partial charge in [0, 0.05) is 30.3 Å². The minimum Gasteiger partial charge on any atom is -0.398 e. The highest BCUT2D eigenvalue weighted by molar-refractivity contribution is 6.00. The summed E-state index contributed by atoms with van der Waals surface area (Å²) in [5, 5.41) is 18.3. The zero-order chi connectivity index (χ0) is 18.1. The van der Waals surface area contributed by atoms with Gasteiger partial charge in [-0.05, 0) is 18.9 Å². The number of amides is 1. The fourth-order valence-corrected chi connectivity index (χ4v) is 2.84.